The lowest BCUT2D eigenvalue weighted by atomic mass is 10.2. The van der Waals surface area contributed by atoms with E-state index in [1.807, 2.05) is 0 Å². The van der Waals surface area contributed by atoms with Crippen LogP contribution in [-0.4, -0.2) is 42.2 Å². The summed E-state index contributed by atoms with van der Waals surface area (Å²) >= 11 is 0. The van der Waals surface area contributed by atoms with Crippen LogP contribution in [-0.2, 0) is 16.5 Å². The van der Waals surface area contributed by atoms with E-state index in [0.717, 1.165) is 0 Å². The minimum Gasteiger partial charge on any atom is -0.493 e. The van der Waals surface area contributed by atoms with Gasteiger partial charge in [0.15, 0.2) is 11.4 Å². The highest BCUT2D eigenvalue weighted by atomic mass is 16.7. The first-order chi connectivity index (χ1) is 8.15. The normalized spacial score (nSPS) is 10.9. The molecule has 0 unspecified atom stereocenters. The van der Waals surface area contributed by atoms with Crippen molar-refractivity contribution >= 4 is 5.78 Å². The van der Waals surface area contributed by atoms with Crippen LogP contribution < -0.4 is 4.74 Å². The Balaban J connectivity index is 2.95. The number of Topliss-reactive ketones (excluding diaryl/α,β-unsaturated/α-hetero) is 1. The number of methoxy groups -OCH3 is 1. The van der Waals surface area contributed by atoms with E-state index in [1.54, 1.807) is 20.9 Å². The van der Waals surface area contributed by atoms with Crippen LogP contribution in [0.4, 0.5) is 0 Å². The van der Waals surface area contributed by atoms with Crippen molar-refractivity contribution in [2.24, 2.45) is 7.05 Å². The van der Waals surface area contributed by atoms with Crippen LogP contribution in [0.3, 0.4) is 0 Å². The van der Waals surface area contributed by atoms with Crippen molar-refractivity contribution < 1.29 is 19.0 Å². The zero-order valence-electron chi connectivity index (χ0n) is 10.6. The van der Waals surface area contributed by atoms with Gasteiger partial charge >= 0.3 is 0 Å². The molecule has 1 rings (SSSR count). The number of hydrogen-bond donors (Lipinski definition) is 0. The van der Waals surface area contributed by atoms with E-state index in [4.69, 9.17) is 14.2 Å². The zero-order valence-corrected chi connectivity index (χ0v) is 10.6. The Morgan fingerprint density at radius 1 is 1.41 bits per heavy atom. The zero-order chi connectivity index (χ0) is 12.8. The first-order valence-electron chi connectivity index (χ1n) is 5.49. The minimum atomic E-state index is -0.908. The molecule has 0 amide bonds. The van der Waals surface area contributed by atoms with Crippen molar-refractivity contribution in [2.75, 3.05) is 20.3 Å². The van der Waals surface area contributed by atoms with Gasteiger partial charge in [-0.1, -0.05) is 0 Å². The molecule has 0 saturated heterocycles. The minimum absolute atomic E-state index is 0.287. The largest absolute Gasteiger partial charge is 0.493 e. The molecule has 0 saturated carbocycles. The molecular formula is C11H18N2O4. The molecule has 6 nitrogen and oxygen atoms in total. The number of ether oxygens (including phenoxy) is 3. The molecule has 96 valence electrons. The van der Waals surface area contributed by atoms with Crippen LogP contribution >= 0.6 is 0 Å². The van der Waals surface area contributed by atoms with Gasteiger partial charge in [-0.15, -0.1) is 0 Å². The van der Waals surface area contributed by atoms with Crippen LogP contribution in [0.2, 0.25) is 0 Å². The maximum atomic E-state index is 12.2. The summed E-state index contributed by atoms with van der Waals surface area (Å²) in [4.78, 5) is 12.2. The standard InChI is InChI=1S/C11H18N2O4/c1-5-16-11(17-6-2)10(14)9-8(15-4)7-12-13(9)3/h7,11H,5-6H2,1-4H3. The molecule has 0 aromatic carbocycles. The van der Waals surface area contributed by atoms with E-state index < -0.39 is 6.29 Å². The van der Waals surface area contributed by atoms with Crippen molar-refractivity contribution in [2.45, 2.75) is 20.1 Å². The highest BCUT2D eigenvalue weighted by molar-refractivity contribution is 5.99. The van der Waals surface area contributed by atoms with Gasteiger partial charge in [-0.2, -0.15) is 5.10 Å². The Bertz CT molecular complexity index is 370. The molecule has 6 heteroatoms. The third kappa shape index (κ3) is 3.04. The SMILES string of the molecule is CCOC(OCC)C(=O)c1c(OC)cnn1C. The molecular weight excluding hydrogens is 224 g/mol. The average Bonchev–Trinajstić information content (AvgIpc) is 2.69. The van der Waals surface area contributed by atoms with Gasteiger partial charge in [0.1, 0.15) is 0 Å². The van der Waals surface area contributed by atoms with E-state index in [9.17, 15) is 4.79 Å². The molecule has 0 N–H and O–H groups in total. The van der Waals surface area contributed by atoms with Crippen molar-refractivity contribution in [3.63, 3.8) is 0 Å². The number of ketones is 1. The predicted molar refractivity (Wildman–Crippen MR) is 61.1 cm³/mol. The fraction of sp³-hybridized carbons (Fsp3) is 0.636. The number of carbonyl (C=O) groups excluding carboxylic acids is 1. The van der Waals surface area contributed by atoms with E-state index in [2.05, 4.69) is 5.10 Å². The highest BCUT2D eigenvalue weighted by Gasteiger charge is 2.27. The topological polar surface area (TPSA) is 62.6 Å². The quantitative estimate of drug-likeness (QED) is 0.527. The smallest absolute Gasteiger partial charge is 0.240 e. The Hall–Kier alpha value is -1.40. The third-order valence-corrected chi connectivity index (χ3v) is 2.21. The molecule has 1 heterocycles. The summed E-state index contributed by atoms with van der Waals surface area (Å²) in [7, 11) is 3.16. The first-order valence-corrected chi connectivity index (χ1v) is 5.49. The molecule has 1 aromatic rings. The van der Waals surface area contributed by atoms with Crippen molar-refractivity contribution in [1.82, 2.24) is 9.78 Å². The molecule has 1 aromatic heterocycles. The van der Waals surface area contributed by atoms with E-state index >= 15 is 0 Å². The average molecular weight is 242 g/mol. The summed E-state index contributed by atoms with van der Waals surface area (Å²) < 4.78 is 17.0. The predicted octanol–water partition coefficient (Wildman–Crippen LogP) is 1.01. The summed E-state index contributed by atoms with van der Waals surface area (Å²) in [6.45, 7) is 4.41. The number of rotatable bonds is 7. The van der Waals surface area contributed by atoms with Crippen molar-refractivity contribution in [1.29, 1.82) is 0 Å². The lowest BCUT2D eigenvalue weighted by Crippen LogP contribution is -2.29. The van der Waals surface area contributed by atoms with Crippen LogP contribution in [0, 0.1) is 0 Å². The number of nitrogens with zero attached hydrogens (tertiary/aromatic N) is 2. The fourth-order valence-electron chi connectivity index (χ4n) is 1.46. The summed E-state index contributed by atoms with van der Waals surface area (Å²) in [5.74, 6) is 0.132. The molecule has 17 heavy (non-hydrogen) atoms. The lowest BCUT2D eigenvalue weighted by molar-refractivity contribution is -0.107. The van der Waals surface area contributed by atoms with Crippen molar-refractivity contribution in [3.05, 3.63) is 11.9 Å². The van der Waals surface area contributed by atoms with Crippen molar-refractivity contribution in [3.8, 4) is 5.75 Å². The monoisotopic (exact) mass is 242 g/mol. The summed E-state index contributed by atoms with van der Waals surface area (Å²) in [5.41, 5.74) is 0.347. The number of aromatic nitrogens is 2. The molecule has 0 aliphatic rings. The first kappa shape index (κ1) is 13.7. The van der Waals surface area contributed by atoms with E-state index in [0.29, 0.717) is 24.7 Å². The van der Waals surface area contributed by atoms with Gasteiger partial charge in [-0.3, -0.25) is 9.48 Å². The maximum absolute atomic E-state index is 12.2. The van der Waals surface area contributed by atoms with Gasteiger partial charge in [-0.05, 0) is 13.8 Å². The van der Waals surface area contributed by atoms with Crippen LogP contribution in [0.15, 0.2) is 6.20 Å². The second-order valence-corrected chi connectivity index (χ2v) is 3.29. The van der Waals surface area contributed by atoms with Crippen LogP contribution in [0.5, 0.6) is 5.75 Å². The molecule has 0 fully saturated rings. The van der Waals surface area contributed by atoms with Crippen LogP contribution in [0.25, 0.3) is 0 Å². The molecule has 0 aliphatic heterocycles. The van der Waals surface area contributed by atoms with Gasteiger partial charge in [0.25, 0.3) is 0 Å². The molecule has 0 bridgehead atoms. The van der Waals surface area contributed by atoms with E-state index in [1.165, 1.54) is 18.0 Å². The highest BCUT2D eigenvalue weighted by Crippen LogP contribution is 2.19. The summed E-state index contributed by atoms with van der Waals surface area (Å²) in [6, 6.07) is 0. The second-order valence-electron chi connectivity index (χ2n) is 3.29. The molecule has 0 atom stereocenters. The Morgan fingerprint density at radius 3 is 2.47 bits per heavy atom. The van der Waals surface area contributed by atoms with Gasteiger partial charge in [0.05, 0.1) is 13.3 Å². The lowest BCUT2D eigenvalue weighted by Gasteiger charge is -2.16. The maximum Gasteiger partial charge on any atom is 0.240 e. The molecule has 0 aliphatic carbocycles. The molecule has 0 spiro atoms. The number of aryl methyl sites for hydroxylation is 1. The van der Waals surface area contributed by atoms with Gasteiger partial charge in [0.2, 0.25) is 12.1 Å². The number of hydrogen-bond acceptors (Lipinski definition) is 5. The summed E-state index contributed by atoms with van der Waals surface area (Å²) in [5, 5.41) is 3.97. The van der Waals surface area contributed by atoms with Gasteiger partial charge < -0.3 is 14.2 Å². The van der Waals surface area contributed by atoms with Gasteiger partial charge in [0, 0.05) is 20.3 Å². The summed E-state index contributed by atoms with van der Waals surface area (Å²) in [6.07, 6.45) is 0.580. The third-order valence-electron chi connectivity index (χ3n) is 2.21. The Morgan fingerprint density at radius 2 is 2.00 bits per heavy atom. The Labute approximate surface area is 100 Å². The fourth-order valence-corrected chi connectivity index (χ4v) is 1.46. The molecule has 0 radical (unpaired) electrons. The van der Waals surface area contributed by atoms with Gasteiger partial charge in [-0.25, -0.2) is 0 Å². The van der Waals surface area contributed by atoms with Crippen LogP contribution in [0.1, 0.15) is 24.3 Å². The van der Waals surface area contributed by atoms with E-state index in [-0.39, 0.29) is 5.78 Å². The Kier molecular flexibility index (Phi) is 5.11. The number of carbonyl (C=O) groups is 1. The second kappa shape index (κ2) is 6.36.